The van der Waals surface area contributed by atoms with Gasteiger partial charge in [-0.15, -0.1) is 0 Å². The van der Waals surface area contributed by atoms with Crippen molar-refractivity contribution in [3.63, 3.8) is 0 Å². The summed E-state index contributed by atoms with van der Waals surface area (Å²) in [7, 11) is 0. The molecule has 1 aromatic rings. The number of thiocarbonyl (C=S) groups is 1. The summed E-state index contributed by atoms with van der Waals surface area (Å²) < 4.78 is 0. The zero-order valence-corrected chi connectivity index (χ0v) is 14.9. The van der Waals surface area contributed by atoms with Crippen LogP contribution in [0.5, 0.6) is 0 Å². The van der Waals surface area contributed by atoms with Crippen LogP contribution >= 0.6 is 12.2 Å². The molecule has 0 bridgehead atoms. The van der Waals surface area contributed by atoms with E-state index in [2.05, 4.69) is 10.6 Å². The first-order valence-electron chi connectivity index (χ1n) is 7.89. The lowest BCUT2D eigenvalue weighted by Gasteiger charge is -2.16. The van der Waals surface area contributed by atoms with Gasteiger partial charge in [-0.3, -0.25) is 24.6 Å². The van der Waals surface area contributed by atoms with E-state index in [1.807, 2.05) is 0 Å². The van der Waals surface area contributed by atoms with E-state index in [1.165, 1.54) is 17.0 Å². The van der Waals surface area contributed by atoms with E-state index in [1.54, 1.807) is 12.1 Å². The van der Waals surface area contributed by atoms with Gasteiger partial charge in [-0.2, -0.15) is 0 Å². The number of nitro groups is 1. The molecule has 3 amide bonds. The Hall–Kier alpha value is -3.28. The minimum atomic E-state index is -1.26. The van der Waals surface area contributed by atoms with Crippen LogP contribution in [0.4, 0.5) is 16.2 Å². The highest BCUT2D eigenvalue weighted by Gasteiger charge is 2.36. The molecule has 0 spiro atoms. The maximum Gasteiger partial charge on any atom is 0.327 e. The minimum absolute atomic E-state index is 0.110. The third kappa shape index (κ3) is 5.34. The van der Waals surface area contributed by atoms with Gasteiger partial charge in [0.2, 0.25) is 0 Å². The summed E-state index contributed by atoms with van der Waals surface area (Å²) in [5.74, 6) is -1.81. The Morgan fingerprint density at radius 2 is 2.04 bits per heavy atom. The topological polar surface area (TPSA) is 145 Å². The number of para-hydroxylation sites is 2. The predicted octanol–water partition coefficient (Wildman–Crippen LogP) is 0.620. The molecule has 0 unspecified atom stereocenters. The van der Waals surface area contributed by atoms with Crippen molar-refractivity contribution in [3.8, 4) is 0 Å². The number of aliphatic carboxylic acids is 1. The van der Waals surface area contributed by atoms with Gasteiger partial charge in [-0.25, -0.2) is 4.79 Å². The molecule has 0 aromatic heterocycles. The number of hydrogen-bond donors (Lipinski definition) is 3. The van der Waals surface area contributed by atoms with Gasteiger partial charge in [0, 0.05) is 19.2 Å². The number of nitrogens with zero attached hydrogens (tertiary/aromatic N) is 3. The van der Waals surface area contributed by atoms with Crippen LogP contribution in [0.2, 0.25) is 0 Å². The van der Waals surface area contributed by atoms with Crippen LogP contribution in [0.3, 0.4) is 0 Å². The van der Waals surface area contributed by atoms with Crippen molar-refractivity contribution in [1.29, 1.82) is 0 Å². The number of nitrogens with one attached hydrogen (secondary N) is 2. The van der Waals surface area contributed by atoms with Crippen LogP contribution in [0.15, 0.2) is 24.3 Å². The molecule has 11 nitrogen and oxygen atoms in total. The van der Waals surface area contributed by atoms with E-state index >= 15 is 0 Å². The van der Waals surface area contributed by atoms with Gasteiger partial charge >= 0.3 is 12.0 Å². The third-order valence-corrected chi connectivity index (χ3v) is 3.91. The Morgan fingerprint density at radius 3 is 2.70 bits per heavy atom. The second-order valence-corrected chi connectivity index (χ2v) is 5.99. The van der Waals surface area contributed by atoms with Crippen LogP contribution in [0.1, 0.15) is 6.42 Å². The summed E-state index contributed by atoms with van der Waals surface area (Å²) in [6.07, 6.45) is 0.443. The van der Waals surface area contributed by atoms with Crippen molar-refractivity contribution in [2.45, 2.75) is 6.42 Å². The number of carbonyl (C=O) groups is 3. The fourth-order valence-electron chi connectivity index (χ4n) is 2.44. The summed E-state index contributed by atoms with van der Waals surface area (Å²) >= 11 is 5.09. The molecule has 0 atom stereocenters. The largest absolute Gasteiger partial charge is 0.480 e. The molecule has 144 valence electrons. The molecule has 0 radical (unpaired) electrons. The standard InChI is InChI=1S/C15H17N5O6S/c21-12-8-18(15(24)19(12)9-13(22)23)7-3-6-16-14(27)17-10-4-1-2-5-11(10)20(25)26/h1-2,4-5H,3,6-9H2,(H,22,23)(H2,16,17,27). The Labute approximate surface area is 159 Å². The first kappa shape index (κ1) is 20.0. The van der Waals surface area contributed by atoms with Crippen molar-refractivity contribution >= 4 is 46.6 Å². The first-order chi connectivity index (χ1) is 12.8. The number of carboxylic acid groups (broad SMARTS) is 1. The SMILES string of the molecule is O=C(O)CN1C(=O)CN(CCCNC(=S)Nc2ccccc2[N+](=O)[O-])C1=O. The molecule has 2 rings (SSSR count). The van der Waals surface area contributed by atoms with E-state index in [0.29, 0.717) is 17.9 Å². The van der Waals surface area contributed by atoms with Crippen molar-refractivity contribution in [3.05, 3.63) is 34.4 Å². The number of carbonyl (C=O) groups excluding carboxylic acids is 2. The predicted molar refractivity (Wildman–Crippen MR) is 98.3 cm³/mol. The number of benzene rings is 1. The lowest BCUT2D eigenvalue weighted by Crippen LogP contribution is -2.38. The molecular formula is C15H17N5O6S. The molecule has 0 saturated carbocycles. The van der Waals surface area contributed by atoms with E-state index in [9.17, 15) is 24.5 Å². The number of nitro benzene ring substituents is 1. The monoisotopic (exact) mass is 395 g/mol. The van der Waals surface area contributed by atoms with Crippen LogP contribution in [0, 0.1) is 10.1 Å². The van der Waals surface area contributed by atoms with Crippen molar-refractivity contribution < 1.29 is 24.4 Å². The summed E-state index contributed by atoms with van der Waals surface area (Å²) in [4.78, 5) is 46.7. The second kappa shape index (κ2) is 8.89. The van der Waals surface area contributed by atoms with Gasteiger partial charge in [-0.05, 0) is 24.7 Å². The highest BCUT2D eigenvalue weighted by Crippen LogP contribution is 2.22. The molecule has 27 heavy (non-hydrogen) atoms. The van der Waals surface area contributed by atoms with Crippen molar-refractivity contribution in [2.75, 3.05) is 31.5 Å². The summed E-state index contributed by atoms with van der Waals surface area (Å²) in [6.45, 7) is -0.230. The smallest absolute Gasteiger partial charge is 0.327 e. The van der Waals surface area contributed by atoms with Gasteiger partial charge in [-0.1, -0.05) is 12.1 Å². The number of carboxylic acids is 1. The van der Waals surface area contributed by atoms with Gasteiger partial charge in [0.1, 0.15) is 18.8 Å². The van der Waals surface area contributed by atoms with E-state index in [0.717, 1.165) is 0 Å². The van der Waals surface area contributed by atoms with E-state index < -0.39 is 29.4 Å². The zero-order chi connectivity index (χ0) is 20.0. The molecule has 1 aliphatic heterocycles. The molecular weight excluding hydrogens is 378 g/mol. The fraction of sp³-hybridized carbons (Fsp3) is 0.333. The molecule has 1 fully saturated rings. The maximum atomic E-state index is 12.0. The Kier molecular flexibility index (Phi) is 6.60. The lowest BCUT2D eigenvalue weighted by molar-refractivity contribution is -0.383. The van der Waals surface area contributed by atoms with E-state index in [4.69, 9.17) is 17.3 Å². The average Bonchev–Trinajstić information content (AvgIpc) is 2.86. The quantitative estimate of drug-likeness (QED) is 0.190. The number of urea groups is 1. The van der Waals surface area contributed by atoms with Crippen LogP contribution < -0.4 is 10.6 Å². The fourth-order valence-corrected chi connectivity index (χ4v) is 2.65. The Morgan fingerprint density at radius 1 is 1.33 bits per heavy atom. The third-order valence-electron chi connectivity index (χ3n) is 3.66. The van der Waals surface area contributed by atoms with Crippen molar-refractivity contribution in [2.24, 2.45) is 0 Å². The van der Waals surface area contributed by atoms with Crippen molar-refractivity contribution in [1.82, 2.24) is 15.1 Å². The molecule has 1 saturated heterocycles. The van der Waals surface area contributed by atoms with E-state index in [-0.39, 0.29) is 29.6 Å². The molecule has 12 heteroatoms. The Balaban J connectivity index is 1.77. The lowest BCUT2D eigenvalue weighted by atomic mass is 10.3. The Bertz CT molecular complexity index is 786. The van der Waals surface area contributed by atoms with Gasteiger partial charge < -0.3 is 20.6 Å². The summed E-state index contributed by atoms with van der Waals surface area (Å²) in [6, 6.07) is 5.42. The number of imide groups is 1. The number of hydrogen-bond acceptors (Lipinski definition) is 6. The minimum Gasteiger partial charge on any atom is -0.480 e. The summed E-state index contributed by atoms with van der Waals surface area (Å²) in [5.41, 5.74) is 0.144. The van der Waals surface area contributed by atoms with Gasteiger partial charge in [0.25, 0.3) is 11.6 Å². The molecule has 1 aliphatic rings. The average molecular weight is 395 g/mol. The van der Waals surface area contributed by atoms with Gasteiger partial charge in [0.15, 0.2) is 5.11 Å². The highest BCUT2D eigenvalue weighted by atomic mass is 32.1. The summed E-state index contributed by atoms with van der Waals surface area (Å²) in [5, 5.41) is 25.4. The van der Waals surface area contributed by atoms with Gasteiger partial charge in [0.05, 0.1) is 4.92 Å². The second-order valence-electron chi connectivity index (χ2n) is 5.59. The maximum absolute atomic E-state index is 12.0. The van der Waals surface area contributed by atoms with Crippen LogP contribution in [0.25, 0.3) is 0 Å². The molecule has 1 aromatic carbocycles. The number of amides is 3. The van der Waals surface area contributed by atoms with Crippen LogP contribution in [-0.4, -0.2) is 69.0 Å². The van der Waals surface area contributed by atoms with Crippen LogP contribution in [-0.2, 0) is 9.59 Å². The molecule has 0 aliphatic carbocycles. The highest BCUT2D eigenvalue weighted by molar-refractivity contribution is 7.80. The zero-order valence-electron chi connectivity index (χ0n) is 14.1. The normalized spacial score (nSPS) is 13.6. The molecule has 1 heterocycles. The number of rotatable bonds is 8. The molecule has 3 N–H and O–H groups in total. The number of anilines is 1. The first-order valence-corrected chi connectivity index (χ1v) is 8.29.